The van der Waals surface area contributed by atoms with Crippen molar-refractivity contribution in [3.8, 4) is 28.4 Å². The molecule has 0 atom stereocenters. The highest BCUT2D eigenvalue weighted by molar-refractivity contribution is 7.89. The Labute approximate surface area is 175 Å². The number of nitrogens with zero attached hydrogens (tertiary/aromatic N) is 2. The third-order valence-electron chi connectivity index (χ3n) is 4.98. The van der Waals surface area contributed by atoms with E-state index in [1.165, 1.54) is 4.31 Å². The number of fused-ring (bicyclic) bond motifs is 1. The minimum atomic E-state index is -3.71. The van der Waals surface area contributed by atoms with E-state index in [0.717, 1.165) is 16.7 Å². The van der Waals surface area contributed by atoms with Crippen molar-refractivity contribution in [3.63, 3.8) is 0 Å². The normalized spacial score (nSPS) is 14.3. The Morgan fingerprint density at radius 3 is 2.50 bits per heavy atom. The van der Waals surface area contributed by atoms with Crippen molar-refractivity contribution in [2.75, 3.05) is 27.4 Å². The highest BCUT2D eigenvalue weighted by Gasteiger charge is 2.29. The average Bonchev–Trinajstić information content (AvgIpc) is 3.02. The van der Waals surface area contributed by atoms with Crippen molar-refractivity contribution in [1.82, 2.24) is 9.29 Å². The summed E-state index contributed by atoms with van der Waals surface area (Å²) in [4.78, 5) is 4.38. The van der Waals surface area contributed by atoms with Crippen molar-refractivity contribution in [3.05, 3.63) is 66.5 Å². The zero-order chi connectivity index (χ0) is 21.1. The average molecular weight is 426 g/mol. The molecular formula is C22H22N2O5S. The van der Waals surface area contributed by atoms with Crippen LogP contribution in [0.2, 0.25) is 0 Å². The number of rotatable bonds is 5. The SMILES string of the molecule is COc1ccc(S(=O)(=O)N2CCOc3c(cc(-c4cccnc4)cc3OC)C2)cc1. The number of methoxy groups -OCH3 is 2. The van der Waals surface area contributed by atoms with E-state index >= 15 is 0 Å². The Hall–Kier alpha value is -3.10. The maximum atomic E-state index is 13.2. The molecule has 3 aromatic rings. The van der Waals surface area contributed by atoms with Gasteiger partial charge < -0.3 is 14.2 Å². The number of pyridine rings is 1. The van der Waals surface area contributed by atoms with Gasteiger partial charge in [-0.25, -0.2) is 8.42 Å². The maximum absolute atomic E-state index is 13.2. The quantitative estimate of drug-likeness (QED) is 0.623. The van der Waals surface area contributed by atoms with E-state index in [1.54, 1.807) is 50.9 Å². The fourth-order valence-electron chi connectivity index (χ4n) is 3.41. The van der Waals surface area contributed by atoms with Gasteiger partial charge in [0.1, 0.15) is 12.4 Å². The van der Waals surface area contributed by atoms with Crippen LogP contribution >= 0.6 is 0 Å². The third kappa shape index (κ3) is 3.83. The van der Waals surface area contributed by atoms with Crippen molar-refractivity contribution >= 4 is 10.0 Å². The molecule has 8 heteroatoms. The largest absolute Gasteiger partial charge is 0.497 e. The minimum Gasteiger partial charge on any atom is -0.497 e. The molecule has 2 heterocycles. The molecule has 2 aromatic carbocycles. The molecule has 0 aliphatic carbocycles. The molecule has 0 amide bonds. The van der Waals surface area contributed by atoms with Gasteiger partial charge in [-0.2, -0.15) is 4.31 Å². The van der Waals surface area contributed by atoms with Crippen molar-refractivity contribution < 1.29 is 22.6 Å². The molecule has 0 unspecified atom stereocenters. The summed E-state index contributed by atoms with van der Waals surface area (Å²) in [6.07, 6.45) is 3.46. The van der Waals surface area contributed by atoms with Gasteiger partial charge in [-0.1, -0.05) is 6.07 Å². The minimum absolute atomic E-state index is 0.175. The lowest BCUT2D eigenvalue weighted by molar-refractivity contribution is 0.279. The summed E-state index contributed by atoms with van der Waals surface area (Å²) in [5, 5.41) is 0. The molecule has 4 rings (SSSR count). The predicted octanol–water partition coefficient (Wildman–Crippen LogP) is 3.35. The first-order valence-electron chi connectivity index (χ1n) is 9.41. The number of sulfonamides is 1. The third-order valence-corrected chi connectivity index (χ3v) is 6.84. The Kier molecular flexibility index (Phi) is 5.61. The van der Waals surface area contributed by atoms with Crippen LogP contribution in [0.15, 0.2) is 65.8 Å². The van der Waals surface area contributed by atoms with Crippen molar-refractivity contribution in [2.24, 2.45) is 0 Å². The van der Waals surface area contributed by atoms with Crippen LogP contribution in [0.4, 0.5) is 0 Å². The van der Waals surface area contributed by atoms with Crippen LogP contribution in [-0.4, -0.2) is 45.1 Å². The first-order chi connectivity index (χ1) is 14.5. The van der Waals surface area contributed by atoms with Gasteiger partial charge in [0.15, 0.2) is 11.5 Å². The lowest BCUT2D eigenvalue weighted by Gasteiger charge is -2.20. The molecule has 1 aromatic heterocycles. The second-order valence-electron chi connectivity index (χ2n) is 6.77. The molecule has 0 N–H and O–H groups in total. The van der Waals surface area contributed by atoms with E-state index < -0.39 is 10.0 Å². The number of hydrogen-bond donors (Lipinski definition) is 0. The van der Waals surface area contributed by atoms with E-state index in [0.29, 0.717) is 17.2 Å². The van der Waals surface area contributed by atoms with Gasteiger partial charge >= 0.3 is 0 Å². The summed E-state index contributed by atoms with van der Waals surface area (Å²) in [5.74, 6) is 1.73. The van der Waals surface area contributed by atoms with E-state index in [4.69, 9.17) is 14.2 Å². The predicted molar refractivity (Wildman–Crippen MR) is 112 cm³/mol. The lowest BCUT2D eigenvalue weighted by atomic mass is 10.0. The summed E-state index contributed by atoms with van der Waals surface area (Å²) in [6.45, 7) is 0.633. The molecule has 0 bridgehead atoms. The van der Waals surface area contributed by atoms with Crippen LogP contribution in [0.5, 0.6) is 17.2 Å². The molecule has 0 saturated heterocycles. The van der Waals surface area contributed by atoms with Gasteiger partial charge in [0.25, 0.3) is 0 Å². The van der Waals surface area contributed by atoms with Crippen molar-refractivity contribution in [2.45, 2.75) is 11.4 Å². The Bertz CT molecular complexity index is 1130. The molecule has 0 spiro atoms. The number of benzene rings is 2. The summed E-state index contributed by atoms with van der Waals surface area (Å²) >= 11 is 0. The summed E-state index contributed by atoms with van der Waals surface area (Å²) < 4.78 is 44.5. The molecule has 1 aliphatic rings. The summed E-state index contributed by atoms with van der Waals surface area (Å²) in [6, 6.07) is 14.0. The van der Waals surface area contributed by atoms with E-state index in [1.807, 2.05) is 24.3 Å². The fourth-order valence-corrected chi connectivity index (χ4v) is 4.82. The standard InChI is InChI=1S/C22H22N2O5S/c1-27-19-5-7-20(8-6-19)30(25,26)24-10-11-29-22-18(15-24)12-17(13-21(22)28-2)16-4-3-9-23-14-16/h3-9,12-14H,10-11,15H2,1-2H3. The van der Waals surface area contributed by atoms with Crippen molar-refractivity contribution in [1.29, 1.82) is 0 Å². The van der Waals surface area contributed by atoms with Gasteiger partial charge in [0, 0.05) is 36.6 Å². The molecule has 0 radical (unpaired) electrons. The molecule has 0 saturated carbocycles. The smallest absolute Gasteiger partial charge is 0.243 e. The topological polar surface area (TPSA) is 78.0 Å². The van der Waals surface area contributed by atoms with Gasteiger partial charge in [0.2, 0.25) is 10.0 Å². The van der Waals surface area contributed by atoms with E-state index in [2.05, 4.69) is 4.98 Å². The maximum Gasteiger partial charge on any atom is 0.243 e. The van der Waals surface area contributed by atoms with Crippen LogP contribution in [0, 0.1) is 0 Å². The summed E-state index contributed by atoms with van der Waals surface area (Å²) in [7, 11) is -0.592. The molecule has 156 valence electrons. The van der Waals surface area contributed by atoms with Crippen LogP contribution in [-0.2, 0) is 16.6 Å². The highest BCUT2D eigenvalue weighted by Crippen LogP contribution is 2.39. The molecular weight excluding hydrogens is 404 g/mol. The zero-order valence-electron chi connectivity index (χ0n) is 16.7. The van der Waals surface area contributed by atoms with Crippen LogP contribution in [0.3, 0.4) is 0 Å². The van der Waals surface area contributed by atoms with Gasteiger partial charge in [0.05, 0.1) is 19.1 Å². The summed E-state index contributed by atoms with van der Waals surface area (Å²) in [5.41, 5.74) is 2.53. The Balaban J connectivity index is 1.73. The number of aromatic nitrogens is 1. The van der Waals surface area contributed by atoms with Gasteiger partial charge in [-0.15, -0.1) is 0 Å². The van der Waals surface area contributed by atoms with Gasteiger partial charge in [-0.3, -0.25) is 4.98 Å². The van der Waals surface area contributed by atoms with Crippen LogP contribution < -0.4 is 14.2 Å². The molecule has 0 fully saturated rings. The monoisotopic (exact) mass is 426 g/mol. The second kappa shape index (κ2) is 8.33. The zero-order valence-corrected chi connectivity index (χ0v) is 17.6. The van der Waals surface area contributed by atoms with E-state index in [9.17, 15) is 8.42 Å². The first-order valence-corrected chi connectivity index (χ1v) is 10.9. The van der Waals surface area contributed by atoms with Gasteiger partial charge in [-0.05, 0) is 48.0 Å². The fraction of sp³-hybridized carbons (Fsp3) is 0.227. The molecule has 30 heavy (non-hydrogen) atoms. The number of hydrogen-bond acceptors (Lipinski definition) is 6. The molecule has 1 aliphatic heterocycles. The highest BCUT2D eigenvalue weighted by atomic mass is 32.2. The number of ether oxygens (including phenoxy) is 3. The van der Waals surface area contributed by atoms with E-state index in [-0.39, 0.29) is 24.6 Å². The second-order valence-corrected chi connectivity index (χ2v) is 8.71. The van der Waals surface area contributed by atoms with Crippen LogP contribution in [0.1, 0.15) is 5.56 Å². The molecule has 7 nitrogen and oxygen atoms in total. The van der Waals surface area contributed by atoms with Crippen LogP contribution in [0.25, 0.3) is 11.1 Å². The lowest BCUT2D eigenvalue weighted by Crippen LogP contribution is -2.32. The Morgan fingerprint density at radius 1 is 1.03 bits per heavy atom. The first kappa shape index (κ1) is 20.2. The Morgan fingerprint density at radius 2 is 1.83 bits per heavy atom.